The van der Waals surface area contributed by atoms with Crippen LogP contribution in [0.15, 0.2) is 24.3 Å². The molecule has 21 heavy (non-hydrogen) atoms. The first-order chi connectivity index (χ1) is 10.1. The van der Waals surface area contributed by atoms with E-state index in [4.69, 9.17) is 5.26 Å². The van der Waals surface area contributed by atoms with Crippen molar-refractivity contribution in [3.63, 3.8) is 0 Å². The van der Waals surface area contributed by atoms with Crippen LogP contribution in [0, 0.1) is 17.2 Å². The molecule has 1 aliphatic rings. The van der Waals surface area contributed by atoms with Crippen LogP contribution in [0.2, 0.25) is 0 Å². The summed E-state index contributed by atoms with van der Waals surface area (Å²) >= 11 is 0. The van der Waals surface area contributed by atoms with E-state index in [1.54, 1.807) is 24.3 Å². The van der Waals surface area contributed by atoms with Gasteiger partial charge in [0, 0.05) is 12.2 Å². The van der Waals surface area contributed by atoms with E-state index in [0.717, 1.165) is 31.1 Å². The third-order valence-corrected chi connectivity index (χ3v) is 3.91. The third kappa shape index (κ3) is 4.57. The molecule has 0 aromatic heterocycles. The fraction of sp³-hybridized carbons (Fsp3) is 0.529. The lowest BCUT2D eigenvalue weighted by Crippen LogP contribution is -2.43. The van der Waals surface area contributed by atoms with Crippen molar-refractivity contribution in [2.75, 3.05) is 18.4 Å². The van der Waals surface area contributed by atoms with E-state index in [9.17, 15) is 4.79 Å². The first-order valence-electron chi connectivity index (χ1n) is 7.69. The first-order valence-corrected chi connectivity index (χ1v) is 7.69. The van der Waals surface area contributed by atoms with Crippen LogP contribution in [-0.4, -0.2) is 29.9 Å². The Labute approximate surface area is 126 Å². The molecule has 1 aromatic carbocycles. The van der Waals surface area contributed by atoms with E-state index in [2.05, 4.69) is 23.2 Å². The lowest BCUT2D eigenvalue weighted by Gasteiger charge is -2.27. The van der Waals surface area contributed by atoms with Gasteiger partial charge in [-0.2, -0.15) is 5.26 Å². The van der Waals surface area contributed by atoms with E-state index in [-0.39, 0.29) is 11.9 Å². The summed E-state index contributed by atoms with van der Waals surface area (Å²) in [7, 11) is 0. The normalized spacial score (nSPS) is 15.5. The minimum atomic E-state index is -0.124. The summed E-state index contributed by atoms with van der Waals surface area (Å²) in [6.07, 6.45) is 3.65. The number of amides is 1. The second-order valence-electron chi connectivity index (χ2n) is 5.79. The Morgan fingerprint density at radius 2 is 2.10 bits per heavy atom. The van der Waals surface area contributed by atoms with Gasteiger partial charge in [-0.15, -0.1) is 0 Å². The van der Waals surface area contributed by atoms with Crippen molar-refractivity contribution in [3.8, 4) is 6.07 Å². The van der Waals surface area contributed by atoms with E-state index in [1.807, 2.05) is 6.92 Å². The second-order valence-corrected chi connectivity index (χ2v) is 5.79. The van der Waals surface area contributed by atoms with E-state index in [0.29, 0.717) is 5.56 Å². The number of nitrogens with one attached hydrogen (secondary N) is 1. The molecule has 1 aliphatic carbocycles. The van der Waals surface area contributed by atoms with Crippen LogP contribution in [0.5, 0.6) is 0 Å². The summed E-state index contributed by atoms with van der Waals surface area (Å²) in [6, 6.07) is 8.93. The number of carbonyl (C=O) groups excluding carboxylic acids is 1. The highest BCUT2D eigenvalue weighted by Gasteiger charge is 2.28. The number of nitriles is 1. The van der Waals surface area contributed by atoms with Crippen LogP contribution in [-0.2, 0) is 4.79 Å². The predicted octanol–water partition coefficient (Wildman–Crippen LogP) is 3.01. The molecule has 0 aliphatic heterocycles. The Morgan fingerprint density at radius 1 is 1.43 bits per heavy atom. The number of hydrogen-bond donors (Lipinski definition) is 1. The monoisotopic (exact) mass is 285 g/mol. The molecule has 1 atom stereocenters. The molecular formula is C17H23N3O. The largest absolute Gasteiger partial charge is 0.325 e. The fourth-order valence-corrected chi connectivity index (χ4v) is 2.40. The van der Waals surface area contributed by atoms with Crippen LogP contribution >= 0.6 is 0 Å². The van der Waals surface area contributed by atoms with Crippen LogP contribution in [0.25, 0.3) is 0 Å². The standard InChI is InChI=1S/C17H23N3O/c1-3-10-20(12-15-4-5-15)13(2)17(21)19-16-8-6-14(11-18)7-9-16/h6-9,13,15H,3-5,10,12H2,1-2H3,(H,19,21). The summed E-state index contributed by atoms with van der Waals surface area (Å²) in [6.45, 7) is 6.09. The minimum Gasteiger partial charge on any atom is -0.325 e. The number of anilines is 1. The molecule has 0 heterocycles. The molecule has 1 aromatic rings. The Hall–Kier alpha value is -1.86. The molecule has 1 saturated carbocycles. The summed E-state index contributed by atoms with van der Waals surface area (Å²) in [5.41, 5.74) is 1.34. The molecule has 0 bridgehead atoms. The SMILES string of the molecule is CCCN(CC1CC1)C(C)C(=O)Nc1ccc(C#N)cc1. The maximum atomic E-state index is 12.4. The topological polar surface area (TPSA) is 56.1 Å². The number of hydrogen-bond acceptors (Lipinski definition) is 3. The molecule has 0 spiro atoms. The van der Waals surface area contributed by atoms with Gasteiger partial charge in [-0.1, -0.05) is 6.92 Å². The highest BCUT2D eigenvalue weighted by Crippen LogP contribution is 2.30. The molecule has 112 valence electrons. The predicted molar refractivity (Wildman–Crippen MR) is 83.8 cm³/mol. The van der Waals surface area contributed by atoms with Gasteiger partial charge in [0.1, 0.15) is 0 Å². The summed E-state index contributed by atoms with van der Waals surface area (Å²) in [5.74, 6) is 0.801. The molecule has 1 N–H and O–H groups in total. The van der Waals surface area contributed by atoms with Crippen LogP contribution in [0.1, 0.15) is 38.7 Å². The number of carbonyl (C=O) groups is 1. The first kappa shape index (κ1) is 15.5. The van der Waals surface area contributed by atoms with Gasteiger partial charge in [0.25, 0.3) is 0 Å². The van der Waals surface area contributed by atoms with Gasteiger partial charge in [0.15, 0.2) is 0 Å². The summed E-state index contributed by atoms with van der Waals surface area (Å²) in [5, 5.41) is 11.7. The van der Waals surface area contributed by atoms with Gasteiger partial charge in [0.2, 0.25) is 5.91 Å². The lowest BCUT2D eigenvalue weighted by molar-refractivity contribution is -0.120. The van der Waals surface area contributed by atoms with Crippen molar-refractivity contribution < 1.29 is 4.79 Å². The smallest absolute Gasteiger partial charge is 0.241 e. The molecule has 1 unspecified atom stereocenters. The van der Waals surface area contributed by atoms with Crippen molar-refractivity contribution in [1.29, 1.82) is 5.26 Å². The minimum absolute atomic E-state index is 0.0220. The maximum absolute atomic E-state index is 12.4. The zero-order chi connectivity index (χ0) is 15.2. The molecule has 1 amide bonds. The van der Waals surface area contributed by atoms with Gasteiger partial charge >= 0.3 is 0 Å². The van der Waals surface area contributed by atoms with Crippen molar-refractivity contribution >= 4 is 11.6 Å². The second kappa shape index (κ2) is 7.24. The van der Waals surface area contributed by atoms with Gasteiger partial charge in [-0.05, 0) is 62.9 Å². The Morgan fingerprint density at radius 3 is 2.62 bits per heavy atom. The Balaban J connectivity index is 1.94. The molecule has 4 heteroatoms. The zero-order valence-corrected chi connectivity index (χ0v) is 12.8. The summed E-state index contributed by atoms with van der Waals surface area (Å²) in [4.78, 5) is 14.6. The summed E-state index contributed by atoms with van der Waals surface area (Å²) < 4.78 is 0. The Bertz CT molecular complexity index is 514. The van der Waals surface area contributed by atoms with Gasteiger partial charge in [0.05, 0.1) is 17.7 Å². The van der Waals surface area contributed by atoms with Crippen molar-refractivity contribution in [2.24, 2.45) is 5.92 Å². The third-order valence-electron chi connectivity index (χ3n) is 3.91. The molecule has 0 radical (unpaired) electrons. The number of benzene rings is 1. The molecule has 2 rings (SSSR count). The van der Waals surface area contributed by atoms with Crippen molar-refractivity contribution in [2.45, 2.75) is 39.2 Å². The zero-order valence-electron chi connectivity index (χ0n) is 12.8. The molecule has 0 saturated heterocycles. The highest BCUT2D eigenvalue weighted by atomic mass is 16.2. The maximum Gasteiger partial charge on any atom is 0.241 e. The van der Waals surface area contributed by atoms with Crippen LogP contribution in [0.3, 0.4) is 0 Å². The Kier molecular flexibility index (Phi) is 5.35. The fourth-order valence-electron chi connectivity index (χ4n) is 2.40. The highest BCUT2D eigenvalue weighted by molar-refractivity contribution is 5.94. The van der Waals surface area contributed by atoms with E-state index < -0.39 is 0 Å². The molecular weight excluding hydrogens is 262 g/mol. The van der Waals surface area contributed by atoms with Gasteiger partial charge in [-0.25, -0.2) is 0 Å². The van der Waals surface area contributed by atoms with Crippen LogP contribution in [0.4, 0.5) is 5.69 Å². The van der Waals surface area contributed by atoms with Gasteiger partial charge < -0.3 is 5.32 Å². The number of nitrogens with zero attached hydrogens (tertiary/aromatic N) is 2. The van der Waals surface area contributed by atoms with Gasteiger partial charge in [-0.3, -0.25) is 9.69 Å². The average molecular weight is 285 g/mol. The van der Waals surface area contributed by atoms with E-state index in [1.165, 1.54) is 12.8 Å². The quantitative estimate of drug-likeness (QED) is 0.838. The van der Waals surface area contributed by atoms with Crippen LogP contribution < -0.4 is 5.32 Å². The molecule has 1 fully saturated rings. The van der Waals surface area contributed by atoms with E-state index >= 15 is 0 Å². The molecule has 4 nitrogen and oxygen atoms in total. The van der Waals surface area contributed by atoms with Crippen molar-refractivity contribution in [3.05, 3.63) is 29.8 Å². The average Bonchev–Trinajstić information content (AvgIpc) is 3.31. The lowest BCUT2D eigenvalue weighted by atomic mass is 10.2. The van der Waals surface area contributed by atoms with Crippen molar-refractivity contribution in [1.82, 2.24) is 4.90 Å². The number of rotatable bonds is 7.